The van der Waals surface area contributed by atoms with Crippen molar-refractivity contribution < 1.29 is 0 Å². The SMILES string of the molecule is Cc1ccc(NC(=S)Nc2c(C)n[nH]c2C)cc1. The first kappa shape index (κ1) is 12.6. The van der Waals surface area contributed by atoms with Gasteiger partial charge in [0, 0.05) is 5.69 Å². The Hall–Kier alpha value is -1.88. The molecule has 0 aliphatic carbocycles. The van der Waals surface area contributed by atoms with E-state index in [4.69, 9.17) is 12.2 Å². The number of aromatic nitrogens is 2. The monoisotopic (exact) mass is 260 g/mol. The van der Waals surface area contributed by atoms with E-state index in [0.29, 0.717) is 5.11 Å². The molecular formula is C13H16N4S. The molecule has 2 rings (SSSR count). The molecule has 0 fully saturated rings. The second-order valence-electron chi connectivity index (χ2n) is 4.25. The first-order valence-electron chi connectivity index (χ1n) is 5.72. The van der Waals surface area contributed by atoms with Crippen LogP contribution in [0.5, 0.6) is 0 Å². The van der Waals surface area contributed by atoms with Crippen LogP contribution in [0.4, 0.5) is 11.4 Å². The molecule has 4 nitrogen and oxygen atoms in total. The van der Waals surface area contributed by atoms with E-state index >= 15 is 0 Å². The lowest BCUT2D eigenvalue weighted by atomic mass is 10.2. The maximum Gasteiger partial charge on any atom is 0.175 e. The molecule has 0 aliphatic heterocycles. The molecule has 1 aromatic carbocycles. The maximum absolute atomic E-state index is 5.27. The van der Waals surface area contributed by atoms with Crippen LogP contribution >= 0.6 is 12.2 Å². The van der Waals surface area contributed by atoms with E-state index in [-0.39, 0.29) is 0 Å². The highest BCUT2D eigenvalue weighted by Gasteiger charge is 2.07. The summed E-state index contributed by atoms with van der Waals surface area (Å²) in [5, 5.41) is 13.9. The van der Waals surface area contributed by atoms with Gasteiger partial charge in [-0.25, -0.2) is 0 Å². The molecule has 0 radical (unpaired) electrons. The molecule has 0 atom stereocenters. The van der Waals surface area contributed by atoms with Gasteiger partial charge < -0.3 is 10.6 Å². The quantitative estimate of drug-likeness (QED) is 0.726. The summed E-state index contributed by atoms with van der Waals surface area (Å²) in [5.74, 6) is 0. The molecule has 5 heteroatoms. The third kappa shape index (κ3) is 2.87. The van der Waals surface area contributed by atoms with Crippen LogP contribution in [0, 0.1) is 20.8 Å². The summed E-state index contributed by atoms with van der Waals surface area (Å²) in [6.07, 6.45) is 0. The van der Waals surface area contributed by atoms with Crippen LogP contribution in [-0.4, -0.2) is 15.3 Å². The zero-order valence-electron chi connectivity index (χ0n) is 10.7. The molecule has 0 saturated carbocycles. The number of aromatic amines is 1. The van der Waals surface area contributed by atoms with Crippen molar-refractivity contribution in [2.75, 3.05) is 10.6 Å². The predicted octanol–water partition coefficient (Wildman–Crippen LogP) is 3.14. The molecule has 18 heavy (non-hydrogen) atoms. The van der Waals surface area contributed by atoms with Gasteiger partial charge >= 0.3 is 0 Å². The Morgan fingerprint density at radius 2 is 1.78 bits per heavy atom. The van der Waals surface area contributed by atoms with E-state index in [9.17, 15) is 0 Å². The highest BCUT2D eigenvalue weighted by atomic mass is 32.1. The lowest BCUT2D eigenvalue weighted by Gasteiger charge is -2.10. The van der Waals surface area contributed by atoms with Gasteiger partial charge in [0.1, 0.15) is 0 Å². The minimum atomic E-state index is 0.562. The van der Waals surface area contributed by atoms with Crippen molar-refractivity contribution in [3.05, 3.63) is 41.2 Å². The number of aryl methyl sites for hydroxylation is 3. The van der Waals surface area contributed by atoms with E-state index in [1.807, 2.05) is 38.1 Å². The van der Waals surface area contributed by atoms with E-state index in [2.05, 4.69) is 27.8 Å². The van der Waals surface area contributed by atoms with E-state index in [0.717, 1.165) is 22.8 Å². The average Bonchev–Trinajstić information content (AvgIpc) is 2.64. The van der Waals surface area contributed by atoms with Crippen molar-refractivity contribution in [3.63, 3.8) is 0 Å². The van der Waals surface area contributed by atoms with E-state index in [1.165, 1.54) is 5.56 Å². The minimum absolute atomic E-state index is 0.562. The van der Waals surface area contributed by atoms with Crippen LogP contribution in [0.15, 0.2) is 24.3 Å². The highest BCUT2D eigenvalue weighted by Crippen LogP contribution is 2.16. The summed E-state index contributed by atoms with van der Waals surface area (Å²) < 4.78 is 0. The number of H-pyrrole nitrogens is 1. The highest BCUT2D eigenvalue weighted by molar-refractivity contribution is 7.80. The van der Waals surface area contributed by atoms with Gasteiger partial charge in [0.05, 0.1) is 17.1 Å². The smallest absolute Gasteiger partial charge is 0.175 e. The van der Waals surface area contributed by atoms with Crippen molar-refractivity contribution in [2.24, 2.45) is 0 Å². The summed E-state index contributed by atoms with van der Waals surface area (Å²) in [6.45, 7) is 5.94. The summed E-state index contributed by atoms with van der Waals surface area (Å²) in [5.41, 5.74) is 5.00. The van der Waals surface area contributed by atoms with Crippen LogP contribution in [0.3, 0.4) is 0 Å². The molecule has 0 bridgehead atoms. The Morgan fingerprint density at radius 1 is 1.11 bits per heavy atom. The number of benzene rings is 1. The fraction of sp³-hybridized carbons (Fsp3) is 0.231. The lowest BCUT2D eigenvalue weighted by Crippen LogP contribution is -2.19. The van der Waals surface area contributed by atoms with Gasteiger partial charge in [-0.2, -0.15) is 5.10 Å². The molecule has 1 aromatic heterocycles. The largest absolute Gasteiger partial charge is 0.332 e. The minimum Gasteiger partial charge on any atom is -0.332 e. The molecule has 0 spiro atoms. The second kappa shape index (κ2) is 5.18. The van der Waals surface area contributed by atoms with Crippen LogP contribution < -0.4 is 10.6 Å². The lowest BCUT2D eigenvalue weighted by molar-refractivity contribution is 1.02. The summed E-state index contributed by atoms with van der Waals surface area (Å²) in [7, 11) is 0. The predicted molar refractivity (Wildman–Crippen MR) is 79.1 cm³/mol. The van der Waals surface area contributed by atoms with Crippen molar-refractivity contribution >= 4 is 28.7 Å². The normalized spacial score (nSPS) is 10.2. The van der Waals surface area contributed by atoms with Gasteiger partial charge in [0.2, 0.25) is 0 Å². The molecule has 94 valence electrons. The van der Waals surface area contributed by atoms with E-state index < -0.39 is 0 Å². The molecule has 3 N–H and O–H groups in total. The van der Waals surface area contributed by atoms with Gasteiger partial charge in [-0.05, 0) is 45.1 Å². The molecule has 0 unspecified atom stereocenters. The van der Waals surface area contributed by atoms with Gasteiger partial charge in [-0.1, -0.05) is 17.7 Å². The maximum atomic E-state index is 5.27. The van der Waals surface area contributed by atoms with Crippen LogP contribution in [0.1, 0.15) is 17.0 Å². The Kier molecular flexibility index (Phi) is 3.62. The molecule has 0 aliphatic rings. The van der Waals surface area contributed by atoms with Crippen molar-refractivity contribution in [3.8, 4) is 0 Å². The number of hydrogen-bond donors (Lipinski definition) is 3. The number of rotatable bonds is 2. The molecule has 0 saturated heterocycles. The second-order valence-corrected chi connectivity index (χ2v) is 4.66. The Morgan fingerprint density at radius 3 is 2.33 bits per heavy atom. The molecule has 1 heterocycles. The number of nitrogens with zero attached hydrogens (tertiary/aromatic N) is 1. The van der Waals surface area contributed by atoms with Gasteiger partial charge in [0.25, 0.3) is 0 Å². The van der Waals surface area contributed by atoms with Gasteiger partial charge in [0.15, 0.2) is 5.11 Å². The Labute approximate surface area is 112 Å². The summed E-state index contributed by atoms with van der Waals surface area (Å²) >= 11 is 5.27. The first-order valence-corrected chi connectivity index (χ1v) is 6.13. The van der Waals surface area contributed by atoms with Gasteiger partial charge in [-0.3, -0.25) is 5.10 Å². The Balaban J connectivity index is 2.03. The zero-order valence-corrected chi connectivity index (χ0v) is 11.5. The third-order valence-electron chi connectivity index (χ3n) is 2.68. The standard InChI is InChI=1S/C13H16N4S/c1-8-4-6-11(7-5-8)14-13(18)15-12-9(2)16-17-10(12)3/h4-7H,1-3H3,(H,16,17)(H2,14,15,18). The van der Waals surface area contributed by atoms with Crippen molar-refractivity contribution in [2.45, 2.75) is 20.8 Å². The number of anilines is 2. The zero-order chi connectivity index (χ0) is 13.1. The Bertz CT molecular complexity index is 537. The van der Waals surface area contributed by atoms with E-state index in [1.54, 1.807) is 0 Å². The first-order chi connectivity index (χ1) is 8.56. The number of thiocarbonyl (C=S) groups is 1. The molecule has 2 aromatic rings. The molecule has 0 amide bonds. The summed E-state index contributed by atoms with van der Waals surface area (Å²) in [4.78, 5) is 0. The van der Waals surface area contributed by atoms with Gasteiger partial charge in [-0.15, -0.1) is 0 Å². The fourth-order valence-electron chi connectivity index (χ4n) is 1.65. The third-order valence-corrected chi connectivity index (χ3v) is 2.88. The fourth-order valence-corrected chi connectivity index (χ4v) is 1.87. The van der Waals surface area contributed by atoms with Crippen LogP contribution in [-0.2, 0) is 0 Å². The number of nitrogens with one attached hydrogen (secondary N) is 3. The average molecular weight is 260 g/mol. The van der Waals surface area contributed by atoms with Crippen molar-refractivity contribution in [1.82, 2.24) is 10.2 Å². The molecular weight excluding hydrogens is 244 g/mol. The topological polar surface area (TPSA) is 52.7 Å². The van der Waals surface area contributed by atoms with Crippen LogP contribution in [0.2, 0.25) is 0 Å². The van der Waals surface area contributed by atoms with Crippen LogP contribution in [0.25, 0.3) is 0 Å². The summed E-state index contributed by atoms with van der Waals surface area (Å²) in [6, 6.07) is 8.08. The number of hydrogen-bond acceptors (Lipinski definition) is 2. The van der Waals surface area contributed by atoms with Crippen molar-refractivity contribution in [1.29, 1.82) is 0 Å².